The van der Waals surface area contributed by atoms with Gasteiger partial charge in [0.25, 0.3) is 5.56 Å². The first-order valence-corrected chi connectivity index (χ1v) is 9.93. The van der Waals surface area contributed by atoms with Gasteiger partial charge in [-0.1, -0.05) is 38.1 Å². The fourth-order valence-electron chi connectivity index (χ4n) is 4.72. The van der Waals surface area contributed by atoms with Gasteiger partial charge in [0.2, 0.25) is 5.88 Å². The first-order chi connectivity index (χ1) is 13.8. The summed E-state index contributed by atoms with van der Waals surface area (Å²) in [5, 5.41) is 20.6. The molecule has 0 aliphatic carbocycles. The molecule has 29 heavy (non-hydrogen) atoms. The average Bonchev–Trinajstić information content (AvgIpc) is 2.94. The normalized spacial score (nSPS) is 19.6. The van der Waals surface area contributed by atoms with E-state index < -0.39 is 0 Å². The summed E-state index contributed by atoms with van der Waals surface area (Å²) in [6.07, 6.45) is 7.70. The molecule has 0 radical (unpaired) electrons. The Kier molecular flexibility index (Phi) is 4.38. The smallest absolute Gasteiger partial charge is 0.260 e. The van der Waals surface area contributed by atoms with Gasteiger partial charge in [0, 0.05) is 40.8 Å². The molecule has 5 heteroatoms. The van der Waals surface area contributed by atoms with Crippen molar-refractivity contribution in [2.24, 2.45) is 7.05 Å². The number of nitrogens with zero attached hydrogens (tertiary/aromatic N) is 3. The number of hydrogen-bond donors (Lipinski definition) is 1. The van der Waals surface area contributed by atoms with Crippen molar-refractivity contribution in [3.8, 4) is 11.9 Å². The fourth-order valence-corrected chi connectivity index (χ4v) is 4.72. The molecule has 2 aliphatic rings. The van der Waals surface area contributed by atoms with E-state index in [2.05, 4.69) is 36.9 Å². The monoisotopic (exact) mass is 387 g/mol. The van der Waals surface area contributed by atoms with Gasteiger partial charge in [-0.25, -0.2) is 0 Å². The maximum absolute atomic E-state index is 12.8. The van der Waals surface area contributed by atoms with Gasteiger partial charge in [0.05, 0.1) is 0 Å². The van der Waals surface area contributed by atoms with E-state index in [-0.39, 0.29) is 22.4 Å². The van der Waals surface area contributed by atoms with Crippen molar-refractivity contribution in [2.75, 3.05) is 11.4 Å². The molecule has 0 fully saturated rings. The molecule has 5 nitrogen and oxygen atoms in total. The highest BCUT2D eigenvalue weighted by atomic mass is 16.3. The third kappa shape index (κ3) is 2.63. The summed E-state index contributed by atoms with van der Waals surface area (Å²) in [7, 11) is 1.48. The van der Waals surface area contributed by atoms with E-state index in [1.54, 1.807) is 19.1 Å². The number of aryl methyl sites for hydroxylation is 1. The Morgan fingerprint density at radius 3 is 2.69 bits per heavy atom. The number of aromatic nitrogens is 1. The van der Waals surface area contributed by atoms with Gasteiger partial charge in [0.1, 0.15) is 11.6 Å². The molecule has 0 saturated heterocycles. The van der Waals surface area contributed by atoms with Crippen LogP contribution < -0.4 is 20.9 Å². The molecular formula is C24H25N3O2. The van der Waals surface area contributed by atoms with Crippen LogP contribution in [0.25, 0.3) is 12.2 Å². The van der Waals surface area contributed by atoms with E-state index in [9.17, 15) is 15.2 Å². The largest absolute Gasteiger partial charge is 0.493 e. The molecule has 0 amide bonds. The van der Waals surface area contributed by atoms with Crippen LogP contribution in [0.2, 0.25) is 0 Å². The maximum Gasteiger partial charge on any atom is 0.260 e. The average molecular weight is 387 g/mol. The number of aromatic hydroxyl groups is 1. The molecule has 4 rings (SSSR count). The Morgan fingerprint density at radius 2 is 2.00 bits per heavy atom. The molecule has 1 aromatic heterocycles. The zero-order valence-electron chi connectivity index (χ0n) is 17.3. The fraction of sp³-hybridized carbons (Fsp3) is 0.333. The maximum atomic E-state index is 12.8. The Balaban J connectivity index is 2.00. The summed E-state index contributed by atoms with van der Waals surface area (Å²) < 4.78 is 1.13. The van der Waals surface area contributed by atoms with Crippen molar-refractivity contribution in [1.82, 2.24) is 4.57 Å². The lowest BCUT2D eigenvalue weighted by atomic mass is 9.83. The van der Waals surface area contributed by atoms with Crippen molar-refractivity contribution in [3.05, 3.63) is 67.5 Å². The number of pyridine rings is 1. The Labute approximate surface area is 170 Å². The highest BCUT2D eigenvalue weighted by Gasteiger charge is 2.41. The van der Waals surface area contributed by atoms with Crippen LogP contribution in [0.1, 0.15) is 43.9 Å². The van der Waals surface area contributed by atoms with E-state index in [4.69, 9.17) is 0 Å². The van der Waals surface area contributed by atoms with Crippen LogP contribution in [0.15, 0.2) is 34.8 Å². The molecule has 0 spiro atoms. The molecule has 1 aromatic carbocycles. The minimum absolute atomic E-state index is 0.119. The summed E-state index contributed by atoms with van der Waals surface area (Å²) in [5.41, 5.74) is 4.76. The number of hydrogen-bond acceptors (Lipinski definition) is 4. The Bertz CT molecular complexity index is 1270. The zero-order chi connectivity index (χ0) is 20.9. The molecule has 0 atom stereocenters. The zero-order valence-corrected chi connectivity index (χ0v) is 17.3. The van der Waals surface area contributed by atoms with Crippen molar-refractivity contribution in [3.63, 3.8) is 0 Å². The van der Waals surface area contributed by atoms with E-state index in [1.807, 2.05) is 12.1 Å². The molecule has 2 aliphatic heterocycles. The van der Waals surface area contributed by atoms with E-state index in [1.165, 1.54) is 23.9 Å². The lowest BCUT2D eigenvalue weighted by molar-refractivity contribution is 0.419. The van der Waals surface area contributed by atoms with Crippen molar-refractivity contribution >= 4 is 17.8 Å². The van der Waals surface area contributed by atoms with Gasteiger partial charge in [-0.05, 0) is 43.0 Å². The highest BCUT2D eigenvalue weighted by Crippen LogP contribution is 2.50. The minimum Gasteiger partial charge on any atom is -0.493 e. The number of benzene rings is 1. The molecule has 3 heterocycles. The standard InChI is InChI=1S/C24H25N3O2/c1-5-16-17(22(28)26(4)23(29)18(16)14-25)11-12-20-24(2,3)19-10-6-8-15-9-7-13-27(20)21(15)19/h5-6,8,10-12,29H,7,9,13H2,1-4H3/b16-5+,17-11-,20-12?. The number of para-hydroxylation sites is 1. The highest BCUT2D eigenvalue weighted by molar-refractivity contribution is 5.76. The van der Waals surface area contributed by atoms with Gasteiger partial charge < -0.3 is 10.0 Å². The first-order valence-electron chi connectivity index (χ1n) is 9.93. The van der Waals surface area contributed by atoms with E-state index >= 15 is 0 Å². The van der Waals surface area contributed by atoms with E-state index in [0.29, 0.717) is 10.4 Å². The Hall–Kier alpha value is -3.26. The van der Waals surface area contributed by atoms with Gasteiger partial charge in [-0.3, -0.25) is 9.36 Å². The molecule has 0 saturated carbocycles. The SMILES string of the molecule is C/C=c1/c(C#N)c(O)n(C)c(=O)/c1=C\C=C1N2CCCc3cccc(c32)C1(C)C. The molecule has 2 aromatic rings. The van der Waals surface area contributed by atoms with Gasteiger partial charge in [-0.2, -0.15) is 5.26 Å². The lowest BCUT2D eigenvalue weighted by Crippen LogP contribution is -2.45. The first kappa shape index (κ1) is 19.1. The number of nitriles is 1. The second kappa shape index (κ2) is 6.66. The van der Waals surface area contributed by atoms with Gasteiger partial charge in [-0.15, -0.1) is 0 Å². The summed E-state index contributed by atoms with van der Waals surface area (Å²) in [5.74, 6) is -0.301. The number of anilines is 1. The van der Waals surface area contributed by atoms with Crippen LogP contribution in [-0.2, 0) is 18.9 Å². The summed E-state index contributed by atoms with van der Waals surface area (Å²) in [4.78, 5) is 15.2. The van der Waals surface area contributed by atoms with Crippen LogP contribution in [0.5, 0.6) is 5.88 Å². The predicted molar refractivity (Wildman–Crippen MR) is 115 cm³/mol. The van der Waals surface area contributed by atoms with Crippen LogP contribution in [0, 0.1) is 11.3 Å². The van der Waals surface area contributed by atoms with Crippen molar-refractivity contribution < 1.29 is 5.11 Å². The lowest BCUT2D eigenvalue weighted by Gasteiger charge is -2.30. The van der Waals surface area contributed by atoms with Crippen LogP contribution in [-0.4, -0.2) is 16.2 Å². The molecule has 0 unspecified atom stereocenters. The molecule has 1 N–H and O–H groups in total. The molecule has 148 valence electrons. The summed E-state index contributed by atoms with van der Waals surface area (Å²) >= 11 is 0. The van der Waals surface area contributed by atoms with Crippen molar-refractivity contribution in [1.29, 1.82) is 5.26 Å². The number of rotatable bonds is 1. The second-order valence-corrected chi connectivity index (χ2v) is 8.20. The second-order valence-electron chi connectivity index (χ2n) is 8.20. The summed E-state index contributed by atoms with van der Waals surface area (Å²) in [6.45, 7) is 7.15. The third-order valence-electron chi connectivity index (χ3n) is 6.27. The van der Waals surface area contributed by atoms with Gasteiger partial charge in [0.15, 0.2) is 0 Å². The summed E-state index contributed by atoms with van der Waals surface area (Å²) in [6, 6.07) is 8.55. The quantitative estimate of drug-likeness (QED) is 0.814. The Morgan fingerprint density at radius 1 is 1.24 bits per heavy atom. The third-order valence-corrected chi connectivity index (χ3v) is 6.27. The number of allylic oxidation sites excluding steroid dienone is 2. The molecule has 0 bridgehead atoms. The predicted octanol–water partition coefficient (Wildman–Crippen LogP) is 2.17. The molecular weight excluding hydrogens is 362 g/mol. The minimum atomic E-state index is -0.320. The van der Waals surface area contributed by atoms with E-state index in [0.717, 1.165) is 29.7 Å². The van der Waals surface area contributed by atoms with Crippen molar-refractivity contribution in [2.45, 2.75) is 39.0 Å². The van der Waals surface area contributed by atoms with Crippen LogP contribution in [0.3, 0.4) is 0 Å². The van der Waals surface area contributed by atoms with Gasteiger partial charge >= 0.3 is 0 Å². The topological polar surface area (TPSA) is 69.3 Å². The van der Waals surface area contributed by atoms with Crippen LogP contribution in [0.4, 0.5) is 5.69 Å². The van der Waals surface area contributed by atoms with Crippen LogP contribution >= 0.6 is 0 Å².